The Morgan fingerprint density at radius 1 is 1.04 bits per heavy atom. The van der Waals surface area contributed by atoms with E-state index in [1.165, 1.54) is 18.2 Å². The lowest BCUT2D eigenvalue weighted by molar-refractivity contribution is -0.146. The third kappa shape index (κ3) is 10.2. The van der Waals surface area contributed by atoms with Crippen molar-refractivity contribution in [2.45, 2.75) is 24.3 Å². The highest BCUT2D eigenvalue weighted by Crippen LogP contribution is 2.17. The van der Waals surface area contributed by atoms with Crippen molar-refractivity contribution in [2.24, 2.45) is 0 Å². The molecule has 0 aliphatic carbocycles. The average Bonchev–Trinajstić information content (AvgIpc) is 3.01. The van der Waals surface area contributed by atoms with Gasteiger partial charge < -0.3 is 19.8 Å². The molecule has 1 aliphatic heterocycles. The zero-order valence-electron chi connectivity index (χ0n) is 24.6. The Hall–Kier alpha value is -4.07. The average molecular weight is 656 g/mol. The number of pyridine rings is 1. The summed E-state index contributed by atoms with van der Waals surface area (Å²) >= 11 is 5.92. The predicted molar refractivity (Wildman–Crippen MR) is 170 cm³/mol. The van der Waals surface area contributed by atoms with Gasteiger partial charge in [0.15, 0.2) is 0 Å². The van der Waals surface area contributed by atoms with E-state index in [-0.39, 0.29) is 23.5 Å². The molecule has 1 aromatic heterocycles. The van der Waals surface area contributed by atoms with Gasteiger partial charge in [-0.1, -0.05) is 47.5 Å². The van der Waals surface area contributed by atoms with Crippen LogP contribution in [-0.2, 0) is 30.8 Å². The number of halogens is 1. The van der Waals surface area contributed by atoms with Crippen LogP contribution >= 0.6 is 11.6 Å². The number of aromatic nitrogens is 1. The van der Waals surface area contributed by atoms with E-state index in [1.807, 2.05) is 25.1 Å². The molecule has 3 aromatic carbocycles. The number of esters is 1. The number of amides is 1. The molecule has 1 aliphatic rings. The quantitative estimate of drug-likeness (QED) is 0.181. The van der Waals surface area contributed by atoms with Crippen LogP contribution in [0.15, 0.2) is 88.6 Å². The molecule has 1 amide bonds. The molecule has 1 saturated heterocycles. The van der Waals surface area contributed by atoms with E-state index >= 15 is 0 Å². The number of fused-ring (bicyclic) bond motifs is 1. The molecule has 1 atom stereocenters. The van der Waals surface area contributed by atoms with Gasteiger partial charge in [-0.25, -0.2) is 4.79 Å². The van der Waals surface area contributed by atoms with Gasteiger partial charge in [0, 0.05) is 53.6 Å². The normalized spacial score (nSPS) is 14.2. The SMILES string of the molecule is Cc1ccc(S(=O)(=O)O)cc1.O=C(NC(Cc1cc(=O)[nH]c2ccccc12)C(=O)OCCN1CCOCC1)c1ccc(Cl)cc1. The number of ether oxygens (including phenoxy) is 2. The second-order valence-electron chi connectivity index (χ2n) is 10.4. The second-order valence-corrected chi connectivity index (χ2v) is 12.2. The lowest BCUT2D eigenvalue weighted by Crippen LogP contribution is -2.44. The van der Waals surface area contributed by atoms with E-state index in [2.05, 4.69) is 15.2 Å². The van der Waals surface area contributed by atoms with Gasteiger partial charge in [0.1, 0.15) is 12.6 Å². The van der Waals surface area contributed by atoms with Crippen molar-refractivity contribution < 1.29 is 32.0 Å². The van der Waals surface area contributed by atoms with Gasteiger partial charge in [0.25, 0.3) is 16.0 Å². The Morgan fingerprint density at radius 3 is 2.38 bits per heavy atom. The number of carbonyl (C=O) groups is 2. The Morgan fingerprint density at radius 2 is 1.71 bits per heavy atom. The van der Waals surface area contributed by atoms with Crippen LogP contribution in [0.1, 0.15) is 21.5 Å². The number of para-hydroxylation sites is 1. The van der Waals surface area contributed by atoms with Gasteiger partial charge in [0.05, 0.1) is 18.1 Å². The molecule has 0 radical (unpaired) electrons. The lowest BCUT2D eigenvalue weighted by atomic mass is 10.0. The van der Waals surface area contributed by atoms with Crippen LogP contribution in [0.5, 0.6) is 0 Å². The first kappa shape index (κ1) is 33.8. The topological polar surface area (TPSA) is 155 Å². The van der Waals surface area contributed by atoms with Crippen molar-refractivity contribution in [2.75, 3.05) is 39.5 Å². The molecule has 1 unspecified atom stereocenters. The highest BCUT2D eigenvalue weighted by Gasteiger charge is 2.25. The van der Waals surface area contributed by atoms with Gasteiger partial charge in [-0.05, 0) is 55.0 Å². The Bertz CT molecular complexity index is 1770. The molecule has 11 nitrogen and oxygen atoms in total. The monoisotopic (exact) mass is 655 g/mol. The number of aromatic amines is 1. The first-order chi connectivity index (χ1) is 21.5. The highest BCUT2D eigenvalue weighted by atomic mass is 35.5. The van der Waals surface area contributed by atoms with Crippen molar-refractivity contribution in [3.8, 4) is 0 Å². The zero-order valence-corrected chi connectivity index (χ0v) is 26.1. The molecule has 1 fully saturated rings. The van der Waals surface area contributed by atoms with Crippen molar-refractivity contribution in [3.05, 3.63) is 111 Å². The lowest BCUT2D eigenvalue weighted by Gasteiger charge is -2.26. The van der Waals surface area contributed by atoms with E-state index < -0.39 is 28.0 Å². The van der Waals surface area contributed by atoms with Gasteiger partial charge in [-0.3, -0.25) is 19.0 Å². The Labute approximate surface area is 265 Å². The molecule has 45 heavy (non-hydrogen) atoms. The number of nitrogens with zero attached hydrogens (tertiary/aromatic N) is 1. The molecular weight excluding hydrogens is 622 g/mol. The molecule has 0 saturated carbocycles. The maximum Gasteiger partial charge on any atom is 0.329 e. The van der Waals surface area contributed by atoms with Gasteiger partial charge in [-0.2, -0.15) is 8.42 Å². The van der Waals surface area contributed by atoms with Crippen molar-refractivity contribution >= 4 is 44.5 Å². The minimum Gasteiger partial charge on any atom is -0.463 e. The summed E-state index contributed by atoms with van der Waals surface area (Å²) in [6, 6.07) is 20.2. The highest BCUT2D eigenvalue weighted by molar-refractivity contribution is 7.85. The van der Waals surface area contributed by atoms with Crippen LogP contribution in [0.25, 0.3) is 10.9 Å². The van der Waals surface area contributed by atoms with Crippen molar-refractivity contribution in [3.63, 3.8) is 0 Å². The Kier molecular flexibility index (Phi) is 11.9. The summed E-state index contributed by atoms with van der Waals surface area (Å²) in [6.45, 7) is 5.50. The summed E-state index contributed by atoms with van der Waals surface area (Å²) in [6.07, 6.45) is 0.111. The van der Waals surface area contributed by atoms with Crippen LogP contribution in [-0.4, -0.2) is 80.2 Å². The zero-order chi connectivity index (χ0) is 32.4. The fraction of sp³-hybridized carbons (Fsp3) is 0.281. The predicted octanol–water partition coefficient (Wildman–Crippen LogP) is 3.64. The summed E-state index contributed by atoms with van der Waals surface area (Å²) in [5.74, 6) is -0.985. The summed E-state index contributed by atoms with van der Waals surface area (Å²) in [7, 11) is -4.02. The van der Waals surface area contributed by atoms with E-state index in [0.29, 0.717) is 41.4 Å². The van der Waals surface area contributed by atoms with Crippen LogP contribution in [0.4, 0.5) is 0 Å². The molecular formula is C32H34ClN3O8S. The third-order valence-electron chi connectivity index (χ3n) is 7.03. The molecule has 3 N–H and O–H groups in total. The van der Waals surface area contributed by atoms with Gasteiger partial charge >= 0.3 is 5.97 Å². The second kappa shape index (κ2) is 15.8. The van der Waals surface area contributed by atoms with Crippen molar-refractivity contribution in [1.29, 1.82) is 0 Å². The minimum atomic E-state index is -4.02. The van der Waals surface area contributed by atoms with E-state index in [9.17, 15) is 22.8 Å². The molecule has 13 heteroatoms. The van der Waals surface area contributed by atoms with Crippen LogP contribution in [0.3, 0.4) is 0 Å². The van der Waals surface area contributed by atoms with Crippen LogP contribution in [0, 0.1) is 6.92 Å². The van der Waals surface area contributed by atoms with E-state index in [4.69, 9.17) is 25.6 Å². The molecule has 5 rings (SSSR count). The number of hydrogen-bond acceptors (Lipinski definition) is 8. The molecule has 4 aromatic rings. The fourth-order valence-corrected chi connectivity index (χ4v) is 5.22. The smallest absolute Gasteiger partial charge is 0.329 e. The van der Waals surface area contributed by atoms with Gasteiger partial charge in [-0.15, -0.1) is 0 Å². The number of hydrogen-bond donors (Lipinski definition) is 3. The molecule has 2 heterocycles. The standard InChI is InChI=1S/C25H26ClN3O5.C7H8O3S/c26-19-7-5-17(6-8-19)24(31)28-22(25(32)34-14-11-29-9-12-33-13-10-29)15-18-16-23(30)27-21-4-2-1-3-20(18)21;1-6-2-4-7(5-3-6)11(8,9)10/h1-8,16,22H,9-15H2,(H,27,30)(H,28,31);2-5H,1H3,(H,8,9,10). The summed E-state index contributed by atoms with van der Waals surface area (Å²) in [5.41, 5.74) is 2.35. The number of nitrogens with one attached hydrogen (secondary N) is 2. The fourth-order valence-electron chi connectivity index (χ4n) is 4.61. The number of H-pyrrole nitrogens is 1. The molecule has 0 bridgehead atoms. The number of benzene rings is 3. The van der Waals surface area contributed by atoms with Crippen LogP contribution in [0.2, 0.25) is 5.02 Å². The number of aryl methyl sites for hydroxylation is 1. The maximum atomic E-state index is 13.0. The third-order valence-corrected chi connectivity index (χ3v) is 8.15. The summed E-state index contributed by atoms with van der Waals surface area (Å²) < 4.78 is 40.4. The summed E-state index contributed by atoms with van der Waals surface area (Å²) in [5, 5.41) is 4.08. The van der Waals surface area contributed by atoms with Gasteiger partial charge in [0.2, 0.25) is 5.56 Å². The maximum absolute atomic E-state index is 13.0. The van der Waals surface area contributed by atoms with Crippen LogP contribution < -0.4 is 10.9 Å². The van der Waals surface area contributed by atoms with E-state index in [0.717, 1.165) is 24.0 Å². The first-order valence-electron chi connectivity index (χ1n) is 14.2. The minimum absolute atomic E-state index is 0.0666. The number of morpholine rings is 1. The largest absolute Gasteiger partial charge is 0.463 e. The molecule has 0 spiro atoms. The Balaban J connectivity index is 0.000000354. The molecule has 238 valence electrons. The number of rotatable bonds is 9. The number of carbonyl (C=O) groups excluding carboxylic acids is 2. The van der Waals surface area contributed by atoms with E-state index in [1.54, 1.807) is 42.5 Å². The van der Waals surface area contributed by atoms with Crippen molar-refractivity contribution in [1.82, 2.24) is 15.2 Å². The first-order valence-corrected chi connectivity index (χ1v) is 16.0. The summed E-state index contributed by atoms with van der Waals surface area (Å²) in [4.78, 5) is 43.0.